The molecular formula is C12H20ClN. The second kappa shape index (κ2) is 8.89. The van der Waals surface area contributed by atoms with E-state index in [0.29, 0.717) is 0 Å². The van der Waals surface area contributed by atoms with Crippen LogP contribution < -0.4 is 5.32 Å². The highest BCUT2D eigenvalue weighted by Crippen LogP contribution is 2.05. The van der Waals surface area contributed by atoms with E-state index in [2.05, 4.69) is 36.5 Å². The number of unbranched alkanes of at least 4 members (excludes halogenated alkanes) is 3. The topological polar surface area (TPSA) is 12.0 Å². The molecule has 0 aliphatic heterocycles. The summed E-state index contributed by atoms with van der Waals surface area (Å²) in [6.07, 6.45) is 5.29. The van der Waals surface area contributed by atoms with Gasteiger partial charge in [0.2, 0.25) is 0 Å². The quantitative estimate of drug-likeness (QED) is 0.702. The zero-order chi connectivity index (χ0) is 9.36. The molecule has 2 heteroatoms. The van der Waals surface area contributed by atoms with Gasteiger partial charge in [0.25, 0.3) is 0 Å². The monoisotopic (exact) mass is 213 g/mol. The summed E-state index contributed by atoms with van der Waals surface area (Å²) in [5.41, 5.74) is 1.24. The molecule has 1 N–H and O–H groups in total. The summed E-state index contributed by atoms with van der Waals surface area (Å²) >= 11 is 0. The molecule has 0 saturated heterocycles. The van der Waals surface area contributed by atoms with Gasteiger partial charge in [0.1, 0.15) is 0 Å². The van der Waals surface area contributed by atoms with Gasteiger partial charge in [-0.15, -0.1) is 12.4 Å². The maximum atomic E-state index is 3.40. The molecule has 80 valence electrons. The molecule has 0 amide bonds. The number of anilines is 1. The highest BCUT2D eigenvalue weighted by molar-refractivity contribution is 5.85. The van der Waals surface area contributed by atoms with Crippen molar-refractivity contribution >= 4 is 18.1 Å². The second-order valence-electron chi connectivity index (χ2n) is 3.35. The molecule has 0 unspecified atom stereocenters. The zero-order valence-corrected chi connectivity index (χ0v) is 9.65. The van der Waals surface area contributed by atoms with Crippen molar-refractivity contribution in [1.29, 1.82) is 0 Å². The highest BCUT2D eigenvalue weighted by atomic mass is 35.5. The molecule has 0 aliphatic carbocycles. The molecule has 0 aromatic heterocycles. The summed E-state index contributed by atoms with van der Waals surface area (Å²) in [6, 6.07) is 10.4. The summed E-state index contributed by atoms with van der Waals surface area (Å²) in [4.78, 5) is 0. The van der Waals surface area contributed by atoms with E-state index in [1.807, 2.05) is 6.07 Å². The van der Waals surface area contributed by atoms with Gasteiger partial charge in [-0.05, 0) is 18.6 Å². The Bertz CT molecular complexity index is 211. The Morgan fingerprint density at radius 1 is 1.00 bits per heavy atom. The summed E-state index contributed by atoms with van der Waals surface area (Å²) in [7, 11) is 0. The Labute approximate surface area is 93.3 Å². The Kier molecular flexibility index (Phi) is 8.45. The van der Waals surface area contributed by atoms with Crippen molar-refractivity contribution < 1.29 is 0 Å². The molecule has 0 fully saturated rings. The SMILES string of the molecule is CCCCCCNc1ccccc1.Cl. The van der Waals surface area contributed by atoms with Gasteiger partial charge >= 0.3 is 0 Å². The maximum absolute atomic E-state index is 3.40. The van der Waals surface area contributed by atoms with Gasteiger partial charge in [-0.3, -0.25) is 0 Å². The zero-order valence-electron chi connectivity index (χ0n) is 8.83. The van der Waals surface area contributed by atoms with E-state index < -0.39 is 0 Å². The van der Waals surface area contributed by atoms with Crippen molar-refractivity contribution in [2.24, 2.45) is 0 Å². The normalized spacial score (nSPS) is 9.21. The Hall–Kier alpha value is -0.690. The van der Waals surface area contributed by atoms with Gasteiger partial charge < -0.3 is 5.32 Å². The van der Waals surface area contributed by atoms with Crippen LogP contribution in [0.2, 0.25) is 0 Å². The van der Waals surface area contributed by atoms with Gasteiger partial charge in [-0.1, -0.05) is 44.4 Å². The predicted octanol–water partition coefficient (Wildman–Crippen LogP) is 4.10. The molecule has 14 heavy (non-hydrogen) atoms. The van der Waals surface area contributed by atoms with Gasteiger partial charge in [-0.25, -0.2) is 0 Å². The lowest BCUT2D eigenvalue weighted by molar-refractivity contribution is 0.685. The number of hydrogen-bond acceptors (Lipinski definition) is 1. The molecule has 1 nitrogen and oxygen atoms in total. The molecule has 0 radical (unpaired) electrons. The molecule has 0 saturated carbocycles. The van der Waals surface area contributed by atoms with Gasteiger partial charge in [-0.2, -0.15) is 0 Å². The van der Waals surface area contributed by atoms with Crippen molar-refractivity contribution in [3.63, 3.8) is 0 Å². The third-order valence-electron chi connectivity index (χ3n) is 2.13. The number of nitrogens with one attached hydrogen (secondary N) is 1. The van der Waals surface area contributed by atoms with Gasteiger partial charge in [0, 0.05) is 12.2 Å². The fourth-order valence-electron chi connectivity index (χ4n) is 1.34. The van der Waals surface area contributed by atoms with Crippen LogP contribution in [0.4, 0.5) is 5.69 Å². The molecule has 0 spiro atoms. The average Bonchev–Trinajstić information content (AvgIpc) is 2.19. The number of hydrogen-bond donors (Lipinski definition) is 1. The molecule has 0 heterocycles. The summed E-state index contributed by atoms with van der Waals surface area (Å²) in [5.74, 6) is 0. The fraction of sp³-hybridized carbons (Fsp3) is 0.500. The average molecular weight is 214 g/mol. The smallest absolute Gasteiger partial charge is 0.0340 e. The largest absolute Gasteiger partial charge is 0.385 e. The van der Waals surface area contributed by atoms with Crippen LogP contribution in [0, 0.1) is 0 Å². The summed E-state index contributed by atoms with van der Waals surface area (Å²) < 4.78 is 0. The Morgan fingerprint density at radius 3 is 2.36 bits per heavy atom. The van der Waals surface area contributed by atoms with Crippen molar-refractivity contribution in [3.8, 4) is 0 Å². The summed E-state index contributed by atoms with van der Waals surface area (Å²) in [5, 5.41) is 3.40. The molecule has 0 bridgehead atoms. The molecule has 0 aliphatic rings. The number of halogens is 1. The van der Waals surface area contributed by atoms with Crippen LogP contribution in [0.15, 0.2) is 30.3 Å². The van der Waals surface area contributed by atoms with Crippen LogP contribution >= 0.6 is 12.4 Å². The maximum Gasteiger partial charge on any atom is 0.0340 e. The minimum atomic E-state index is 0. The first-order valence-electron chi connectivity index (χ1n) is 5.22. The molecule has 0 atom stereocenters. The first-order chi connectivity index (χ1) is 6.43. The van der Waals surface area contributed by atoms with Crippen LogP contribution in [-0.2, 0) is 0 Å². The van der Waals surface area contributed by atoms with Crippen LogP contribution in [0.5, 0.6) is 0 Å². The predicted molar refractivity (Wildman–Crippen MR) is 66.3 cm³/mol. The van der Waals surface area contributed by atoms with E-state index in [9.17, 15) is 0 Å². The van der Waals surface area contributed by atoms with Gasteiger partial charge in [0.05, 0.1) is 0 Å². The molecule has 1 rings (SSSR count). The first-order valence-corrected chi connectivity index (χ1v) is 5.22. The highest BCUT2D eigenvalue weighted by Gasteiger charge is 1.89. The van der Waals surface area contributed by atoms with Crippen molar-refractivity contribution in [3.05, 3.63) is 30.3 Å². The number of benzene rings is 1. The second-order valence-corrected chi connectivity index (χ2v) is 3.35. The standard InChI is InChI=1S/C12H19N.ClH/c1-2-3-4-8-11-13-12-9-6-5-7-10-12;/h5-7,9-10,13H,2-4,8,11H2,1H3;1H. The number of para-hydroxylation sites is 1. The van der Waals surface area contributed by atoms with E-state index in [-0.39, 0.29) is 12.4 Å². The minimum Gasteiger partial charge on any atom is -0.385 e. The van der Waals surface area contributed by atoms with Crippen LogP contribution in [-0.4, -0.2) is 6.54 Å². The number of rotatable bonds is 6. The third-order valence-corrected chi connectivity index (χ3v) is 2.13. The van der Waals surface area contributed by atoms with E-state index in [1.165, 1.54) is 31.4 Å². The molecule has 1 aromatic carbocycles. The Balaban J connectivity index is 0.00000169. The lowest BCUT2D eigenvalue weighted by Crippen LogP contribution is -2.00. The van der Waals surface area contributed by atoms with Gasteiger partial charge in [0.15, 0.2) is 0 Å². The minimum absolute atomic E-state index is 0. The van der Waals surface area contributed by atoms with Crippen molar-refractivity contribution in [1.82, 2.24) is 0 Å². The first kappa shape index (κ1) is 13.3. The lowest BCUT2D eigenvalue weighted by atomic mass is 10.2. The van der Waals surface area contributed by atoms with E-state index >= 15 is 0 Å². The van der Waals surface area contributed by atoms with E-state index in [0.717, 1.165) is 6.54 Å². The van der Waals surface area contributed by atoms with E-state index in [4.69, 9.17) is 0 Å². The van der Waals surface area contributed by atoms with Crippen LogP contribution in [0.25, 0.3) is 0 Å². The summed E-state index contributed by atoms with van der Waals surface area (Å²) in [6.45, 7) is 3.34. The molecular weight excluding hydrogens is 194 g/mol. The van der Waals surface area contributed by atoms with Crippen molar-refractivity contribution in [2.45, 2.75) is 32.6 Å². The van der Waals surface area contributed by atoms with E-state index in [1.54, 1.807) is 0 Å². The fourth-order valence-corrected chi connectivity index (χ4v) is 1.34. The van der Waals surface area contributed by atoms with Crippen LogP contribution in [0.1, 0.15) is 32.6 Å². The Morgan fingerprint density at radius 2 is 1.71 bits per heavy atom. The lowest BCUT2D eigenvalue weighted by Gasteiger charge is -2.04. The van der Waals surface area contributed by atoms with Crippen molar-refractivity contribution in [2.75, 3.05) is 11.9 Å². The van der Waals surface area contributed by atoms with Crippen LogP contribution in [0.3, 0.4) is 0 Å². The molecule has 1 aromatic rings. The third kappa shape index (κ3) is 5.87.